The van der Waals surface area contributed by atoms with E-state index in [1.54, 1.807) is 0 Å². The molecule has 2 heteroatoms. The van der Waals surface area contributed by atoms with E-state index in [1.807, 2.05) is 0 Å². The molecule has 1 aliphatic carbocycles. The molecule has 1 atom stereocenters. The van der Waals surface area contributed by atoms with Crippen LogP contribution in [0.15, 0.2) is 218 Å². The average Bonchev–Trinajstić information content (AvgIpc) is 3.69. The van der Waals surface area contributed by atoms with Crippen LogP contribution in [0.4, 0.5) is 17.1 Å². The minimum atomic E-state index is 0.241. The molecule has 11 aromatic rings. The Bertz CT molecular complexity index is 3750. The number of fused-ring (bicyclic) bond motifs is 9. The topological polar surface area (TPSA) is 8.17 Å². The van der Waals surface area contributed by atoms with Crippen molar-refractivity contribution in [2.24, 2.45) is 0 Å². The van der Waals surface area contributed by atoms with Crippen LogP contribution >= 0.6 is 0 Å². The Morgan fingerprint density at radius 3 is 1.94 bits per heavy atom. The SMILES string of the molecule is CC/C=C\c1cc2c3c(-c4cccc(N(c5ccc(-c6cc7ccccc7c7ccccc67)cc5)c5cc6ccccc6c6ccccc56)c4)cccc3n(C3C=CC=CC3)c2cc1C. The van der Waals surface area contributed by atoms with Crippen LogP contribution in [0.3, 0.4) is 0 Å². The largest absolute Gasteiger partial charge is 0.333 e. The Labute approximate surface area is 380 Å². The maximum absolute atomic E-state index is 2.58. The number of nitrogens with zero attached hydrogens (tertiary/aromatic N) is 2. The second-order valence-electron chi connectivity index (χ2n) is 17.5. The molecular formula is C63H48N2. The first-order valence-corrected chi connectivity index (χ1v) is 23.0. The zero-order valence-corrected chi connectivity index (χ0v) is 36.7. The predicted molar refractivity (Wildman–Crippen MR) is 281 cm³/mol. The van der Waals surface area contributed by atoms with Gasteiger partial charge in [-0.05, 0) is 145 Å². The van der Waals surface area contributed by atoms with E-state index >= 15 is 0 Å². The first-order valence-electron chi connectivity index (χ1n) is 23.0. The summed E-state index contributed by atoms with van der Waals surface area (Å²) in [5.74, 6) is 0. The lowest BCUT2D eigenvalue weighted by Crippen LogP contribution is -2.11. The first-order chi connectivity index (χ1) is 32.1. The number of aromatic nitrogens is 1. The van der Waals surface area contributed by atoms with Gasteiger partial charge in [-0.3, -0.25) is 0 Å². The molecule has 1 unspecified atom stereocenters. The van der Waals surface area contributed by atoms with Gasteiger partial charge >= 0.3 is 0 Å². The van der Waals surface area contributed by atoms with Crippen molar-refractivity contribution in [2.45, 2.75) is 32.7 Å². The van der Waals surface area contributed by atoms with Crippen molar-refractivity contribution in [1.29, 1.82) is 0 Å². The third-order valence-electron chi connectivity index (χ3n) is 13.6. The lowest BCUT2D eigenvalue weighted by Gasteiger charge is -2.28. The number of rotatable bonds is 8. The van der Waals surface area contributed by atoms with Gasteiger partial charge in [-0.15, -0.1) is 0 Å². The monoisotopic (exact) mass is 832 g/mol. The molecule has 1 aromatic heterocycles. The lowest BCUT2D eigenvalue weighted by molar-refractivity contribution is 0.648. The summed E-state index contributed by atoms with van der Waals surface area (Å²) in [5.41, 5.74) is 13.3. The fourth-order valence-corrected chi connectivity index (χ4v) is 10.6. The number of hydrogen-bond acceptors (Lipinski definition) is 1. The summed E-state index contributed by atoms with van der Waals surface area (Å²) < 4.78 is 2.58. The maximum Gasteiger partial charge on any atom is 0.0560 e. The van der Waals surface area contributed by atoms with Crippen molar-refractivity contribution in [3.05, 3.63) is 230 Å². The molecule has 0 spiro atoms. The standard InChI is InChI=1S/C63H48N2/c1-3-4-18-44-39-59-61(37-42(44)2)65(48-22-6-5-7-23-48)60-32-17-31-53(63(59)60)45-21-16-24-50(38-45)64(62-41-47-20-9-11-26-52(47)55-28-14-15-30-57(55)62)49-35-33-43(34-36-49)58-40-46-19-8-10-25-51(46)54-27-12-13-29-56(54)58/h4-22,24-41,48H,3,23H2,1-2H3/b18-4-. The summed E-state index contributed by atoms with van der Waals surface area (Å²) in [6.07, 6.45) is 15.6. The van der Waals surface area contributed by atoms with Crippen LogP contribution in [0.1, 0.15) is 36.9 Å². The third-order valence-corrected chi connectivity index (χ3v) is 13.6. The molecule has 0 saturated carbocycles. The van der Waals surface area contributed by atoms with Crippen LogP contribution in [-0.2, 0) is 0 Å². The number of benzene rings is 10. The lowest BCUT2D eigenvalue weighted by atomic mass is 9.93. The molecule has 0 amide bonds. The van der Waals surface area contributed by atoms with Crippen molar-refractivity contribution in [3.63, 3.8) is 0 Å². The number of aryl methyl sites for hydroxylation is 1. The summed E-state index contributed by atoms with van der Waals surface area (Å²) in [6.45, 7) is 4.45. The van der Waals surface area contributed by atoms with Crippen LogP contribution in [0.2, 0.25) is 0 Å². The molecule has 0 N–H and O–H groups in total. The number of allylic oxidation sites excluding steroid dienone is 5. The Morgan fingerprint density at radius 2 is 1.20 bits per heavy atom. The van der Waals surface area contributed by atoms with Crippen molar-refractivity contribution in [1.82, 2.24) is 4.57 Å². The Hall–Kier alpha value is -7.94. The van der Waals surface area contributed by atoms with Gasteiger partial charge in [-0.25, -0.2) is 0 Å². The fraction of sp³-hybridized carbons (Fsp3) is 0.0794. The van der Waals surface area contributed by atoms with Crippen molar-refractivity contribution in [2.75, 3.05) is 4.90 Å². The highest BCUT2D eigenvalue weighted by Crippen LogP contribution is 2.46. The summed E-state index contributed by atoms with van der Waals surface area (Å²) in [5, 5.41) is 12.6. The smallest absolute Gasteiger partial charge is 0.0560 e. The molecule has 0 fully saturated rings. The van der Waals surface area contributed by atoms with Crippen LogP contribution in [0, 0.1) is 6.92 Å². The van der Waals surface area contributed by atoms with E-state index in [-0.39, 0.29) is 6.04 Å². The van der Waals surface area contributed by atoms with Gasteiger partial charge in [-0.1, -0.05) is 177 Å². The van der Waals surface area contributed by atoms with Crippen molar-refractivity contribution < 1.29 is 0 Å². The molecule has 0 aliphatic heterocycles. The van der Waals surface area contributed by atoms with Gasteiger partial charge in [-0.2, -0.15) is 0 Å². The van der Waals surface area contributed by atoms with Crippen LogP contribution < -0.4 is 4.90 Å². The average molecular weight is 833 g/mol. The molecule has 2 nitrogen and oxygen atoms in total. The molecule has 10 aromatic carbocycles. The highest BCUT2D eigenvalue weighted by Gasteiger charge is 2.23. The molecule has 0 saturated heterocycles. The maximum atomic E-state index is 2.58. The Kier molecular flexibility index (Phi) is 9.53. The van der Waals surface area contributed by atoms with E-state index in [0.29, 0.717) is 0 Å². The fourth-order valence-electron chi connectivity index (χ4n) is 10.6. The number of hydrogen-bond donors (Lipinski definition) is 0. The van der Waals surface area contributed by atoms with Gasteiger partial charge in [0.05, 0.1) is 17.2 Å². The van der Waals surface area contributed by atoms with Gasteiger partial charge < -0.3 is 9.47 Å². The van der Waals surface area contributed by atoms with E-state index in [9.17, 15) is 0 Å². The van der Waals surface area contributed by atoms with Gasteiger partial charge in [0.25, 0.3) is 0 Å². The van der Waals surface area contributed by atoms with Gasteiger partial charge in [0, 0.05) is 33.1 Å². The van der Waals surface area contributed by atoms with E-state index in [2.05, 4.69) is 248 Å². The van der Waals surface area contributed by atoms with E-state index < -0.39 is 0 Å². The van der Waals surface area contributed by atoms with Crippen LogP contribution in [0.25, 0.3) is 93.2 Å². The molecule has 310 valence electrons. The highest BCUT2D eigenvalue weighted by atomic mass is 15.1. The number of anilines is 3. The van der Waals surface area contributed by atoms with Crippen LogP contribution in [-0.4, -0.2) is 4.57 Å². The van der Waals surface area contributed by atoms with E-state index in [4.69, 9.17) is 0 Å². The molecule has 1 heterocycles. The summed E-state index contributed by atoms with van der Waals surface area (Å²) in [4.78, 5) is 2.47. The molecule has 1 aliphatic rings. The minimum absolute atomic E-state index is 0.241. The predicted octanol–water partition coefficient (Wildman–Crippen LogP) is 18.0. The van der Waals surface area contributed by atoms with Crippen molar-refractivity contribution in [3.8, 4) is 22.3 Å². The molecule has 65 heavy (non-hydrogen) atoms. The normalized spacial score (nSPS) is 14.0. The zero-order chi connectivity index (χ0) is 43.4. The quantitative estimate of drug-likeness (QED) is 0.139. The summed E-state index contributed by atoms with van der Waals surface area (Å²) in [7, 11) is 0. The second kappa shape index (κ2) is 16.0. The Morgan fingerprint density at radius 1 is 0.523 bits per heavy atom. The molecular weight excluding hydrogens is 785 g/mol. The van der Waals surface area contributed by atoms with Gasteiger partial charge in [0.1, 0.15) is 0 Å². The molecule has 12 rings (SSSR count). The van der Waals surface area contributed by atoms with Crippen molar-refractivity contribution >= 4 is 88.0 Å². The summed E-state index contributed by atoms with van der Waals surface area (Å²) in [6, 6.07) is 70.4. The molecule has 0 bridgehead atoms. The van der Waals surface area contributed by atoms with Crippen LogP contribution in [0.5, 0.6) is 0 Å². The van der Waals surface area contributed by atoms with E-state index in [1.165, 1.54) is 98.3 Å². The Balaban J connectivity index is 1.07. The highest BCUT2D eigenvalue weighted by molar-refractivity contribution is 6.18. The zero-order valence-electron chi connectivity index (χ0n) is 36.7. The van der Waals surface area contributed by atoms with Gasteiger partial charge in [0.15, 0.2) is 0 Å². The third kappa shape index (κ3) is 6.56. The second-order valence-corrected chi connectivity index (χ2v) is 17.5. The first kappa shape index (κ1) is 38.7. The minimum Gasteiger partial charge on any atom is -0.333 e. The van der Waals surface area contributed by atoms with Gasteiger partial charge in [0.2, 0.25) is 0 Å². The van der Waals surface area contributed by atoms with E-state index in [0.717, 1.165) is 29.9 Å². The summed E-state index contributed by atoms with van der Waals surface area (Å²) >= 11 is 0. The molecule has 0 radical (unpaired) electrons.